The zero-order chi connectivity index (χ0) is 24.0. The number of halogens is 2. The third-order valence-electron chi connectivity index (χ3n) is 5.52. The maximum Gasteiger partial charge on any atom is 0.307 e. The maximum atomic E-state index is 14.0. The Morgan fingerprint density at radius 3 is 2.71 bits per heavy atom. The molecule has 0 radical (unpaired) electrons. The van der Waals surface area contributed by atoms with Crippen LogP contribution in [-0.2, 0) is 0 Å². The lowest BCUT2D eigenvalue weighted by Gasteiger charge is -2.12. The van der Waals surface area contributed by atoms with Crippen LogP contribution < -0.4 is 14.8 Å². The highest BCUT2D eigenvalue weighted by molar-refractivity contribution is 6.32. The van der Waals surface area contributed by atoms with Crippen molar-refractivity contribution in [2.45, 2.75) is 18.8 Å². The highest BCUT2D eigenvalue weighted by atomic mass is 35.5. The number of fused-ring (bicyclic) bond motifs is 1. The Balaban J connectivity index is 1.60. The number of nitrogens with zero attached hydrogens (tertiary/aromatic N) is 5. The summed E-state index contributed by atoms with van der Waals surface area (Å²) in [6.07, 6.45) is 3.50. The Hall–Kier alpha value is -3.99. The van der Waals surface area contributed by atoms with Crippen LogP contribution in [0.4, 0.5) is 21.7 Å². The largest absolute Gasteiger partial charge is 0.497 e. The van der Waals surface area contributed by atoms with E-state index in [9.17, 15) is 14.5 Å². The highest BCUT2D eigenvalue weighted by Crippen LogP contribution is 2.44. The lowest BCUT2D eigenvalue weighted by molar-refractivity contribution is -0.387. The van der Waals surface area contributed by atoms with E-state index in [4.69, 9.17) is 26.2 Å². The van der Waals surface area contributed by atoms with Gasteiger partial charge in [0.05, 0.1) is 42.2 Å². The van der Waals surface area contributed by atoms with Crippen molar-refractivity contribution in [2.75, 3.05) is 19.5 Å². The number of nitro benzene ring substituents is 1. The first-order valence-corrected chi connectivity index (χ1v) is 10.7. The Labute approximate surface area is 197 Å². The molecule has 0 saturated heterocycles. The standard InChI is InChI=1S/C22H18ClFN6O4/c1-33-12-5-6-17-13(7-12)20(11-3-4-11)28-29(17)21-14(23)10-25-22(27-21)26-16-9-18(30(31)32)15(24)8-19(16)34-2/h5-11H,3-4H2,1-2H3,(H,25,26,27). The van der Waals surface area contributed by atoms with Crippen LogP contribution in [0, 0.1) is 15.9 Å². The molecular formula is C22H18ClFN6O4. The van der Waals surface area contributed by atoms with Crippen molar-refractivity contribution in [3.05, 3.63) is 63.2 Å². The highest BCUT2D eigenvalue weighted by Gasteiger charge is 2.30. The smallest absolute Gasteiger partial charge is 0.307 e. The van der Waals surface area contributed by atoms with E-state index in [0.717, 1.165) is 47.3 Å². The Kier molecular flexibility index (Phi) is 5.40. The molecule has 0 aliphatic heterocycles. The van der Waals surface area contributed by atoms with Gasteiger partial charge in [0, 0.05) is 23.4 Å². The van der Waals surface area contributed by atoms with Crippen LogP contribution in [0.15, 0.2) is 36.5 Å². The predicted octanol–water partition coefficient (Wildman–Crippen LogP) is 5.15. The number of ether oxygens (including phenoxy) is 2. The van der Waals surface area contributed by atoms with Gasteiger partial charge in [-0.2, -0.15) is 14.5 Å². The lowest BCUT2D eigenvalue weighted by Crippen LogP contribution is -2.06. The van der Waals surface area contributed by atoms with Gasteiger partial charge in [-0.3, -0.25) is 10.1 Å². The SMILES string of the molecule is COc1ccc2c(c1)c(C1CC1)nn2-c1nc(Nc2cc([N+](=O)[O-])c(F)cc2OC)ncc1Cl. The van der Waals surface area contributed by atoms with Gasteiger partial charge in [-0.15, -0.1) is 0 Å². The minimum absolute atomic E-state index is 0.0517. The third kappa shape index (κ3) is 3.83. The van der Waals surface area contributed by atoms with Crippen LogP contribution >= 0.6 is 11.6 Å². The molecule has 1 aliphatic rings. The average Bonchev–Trinajstić information content (AvgIpc) is 3.61. The molecule has 0 bridgehead atoms. The molecule has 1 aliphatic carbocycles. The van der Waals surface area contributed by atoms with Gasteiger partial charge in [0.1, 0.15) is 16.5 Å². The van der Waals surface area contributed by atoms with Gasteiger partial charge in [0.15, 0.2) is 5.82 Å². The van der Waals surface area contributed by atoms with Gasteiger partial charge in [-0.1, -0.05) is 11.6 Å². The summed E-state index contributed by atoms with van der Waals surface area (Å²) < 4.78 is 26.2. The second kappa shape index (κ2) is 8.41. The Morgan fingerprint density at radius 1 is 1.24 bits per heavy atom. The van der Waals surface area contributed by atoms with Crippen LogP contribution in [0.5, 0.6) is 11.5 Å². The number of rotatable bonds is 7. The van der Waals surface area contributed by atoms with Crippen LogP contribution in [0.2, 0.25) is 5.02 Å². The fourth-order valence-corrected chi connectivity index (χ4v) is 3.88. The van der Waals surface area contributed by atoms with Crippen molar-refractivity contribution in [2.24, 2.45) is 0 Å². The average molecular weight is 485 g/mol. The summed E-state index contributed by atoms with van der Waals surface area (Å²) in [5.74, 6) is 0.501. The van der Waals surface area contributed by atoms with Crippen LogP contribution in [-0.4, -0.2) is 38.9 Å². The van der Waals surface area contributed by atoms with Gasteiger partial charge in [-0.25, -0.2) is 9.67 Å². The fourth-order valence-electron chi connectivity index (χ4n) is 3.70. The number of anilines is 2. The molecule has 1 saturated carbocycles. The second-order valence-electron chi connectivity index (χ2n) is 7.71. The number of nitrogens with one attached hydrogen (secondary N) is 1. The maximum absolute atomic E-state index is 14.0. The number of nitro groups is 1. The number of methoxy groups -OCH3 is 2. The molecule has 2 aromatic carbocycles. The van der Waals surface area contributed by atoms with E-state index >= 15 is 0 Å². The third-order valence-corrected chi connectivity index (χ3v) is 5.78. The summed E-state index contributed by atoms with van der Waals surface area (Å²) in [5, 5.41) is 20.0. The molecule has 1 N–H and O–H groups in total. The van der Waals surface area contributed by atoms with E-state index in [1.165, 1.54) is 13.3 Å². The molecule has 2 heterocycles. The normalized spacial score (nSPS) is 13.2. The van der Waals surface area contributed by atoms with Gasteiger partial charge in [0.2, 0.25) is 11.8 Å². The zero-order valence-electron chi connectivity index (χ0n) is 18.1. The minimum atomic E-state index is -1.02. The molecule has 174 valence electrons. The molecule has 0 amide bonds. The molecule has 2 aromatic heterocycles. The van der Waals surface area contributed by atoms with Crippen LogP contribution in [0.3, 0.4) is 0 Å². The number of aromatic nitrogens is 4. The monoisotopic (exact) mass is 484 g/mol. The summed E-state index contributed by atoms with van der Waals surface area (Å²) in [6.45, 7) is 0. The molecule has 12 heteroatoms. The van der Waals surface area contributed by atoms with Crippen molar-refractivity contribution in [1.82, 2.24) is 19.7 Å². The minimum Gasteiger partial charge on any atom is -0.497 e. The fraction of sp³-hybridized carbons (Fsp3) is 0.227. The van der Waals surface area contributed by atoms with Crippen molar-refractivity contribution < 1.29 is 18.8 Å². The van der Waals surface area contributed by atoms with E-state index in [0.29, 0.717) is 11.7 Å². The number of hydrogen-bond acceptors (Lipinski definition) is 8. The second-order valence-corrected chi connectivity index (χ2v) is 8.11. The van der Waals surface area contributed by atoms with E-state index < -0.39 is 16.4 Å². The topological polar surface area (TPSA) is 117 Å². The molecule has 0 unspecified atom stereocenters. The van der Waals surface area contributed by atoms with E-state index in [1.807, 2.05) is 18.2 Å². The first-order valence-electron chi connectivity index (χ1n) is 10.3. The van der Waals surface area contributed by atoms with Crippen LogP contribution in [0.1, 0.15) is 24.5 Å². The van der Waals surface area contributed by atoms with E-state index in [-0.39, 0.29) is 22.4 Å². The van der Waals surface area contributed by atoms with E-state index in [2.05, 4.69) is 15.3 Å². The first kappa shape index (κ1) is 21.8. The number of hydrogen-bond donors (Lipinski definition) is 1. The van der Waals surface area contributed by atoms with Crippen LogP contribution in [0.25, 0.3) is 16.7 Å². The van der Waals surface area contributed by atoms with Crippen molar-refractivity contribution in [1.29, 1.82) is 0 Å². The first-order chi connectivity index (χ1) is 16.4. The molecule has 4 aromatic rings. The van der Waals surface area contributed by atoms with Gasteiger partial charge in [-0.05, 0) is 31.0 Å². The molecule has 10 nitrogen and oxygen atoms in total. The van der Waals surface area contributed by atoms with Crippen molar-refractivity contribution >= 4 is 39.8 Å². The van der Waals surface area contributed by atoms with Gasteiger partial charge < -0.3 is 14.8 Å². The Bertz CT molecular complexity index is 1440. The number of benzene rings is 2. The zero-order valence-corrected chi connectivity index (χ0v) is 18.8. The predicted molar refractivity (Wildman–Crippen MR) is 123 cm³/mol. The quantitative estimate of drug-likeness (QED) is 0.282. The molecule has 1 fully saturated rings. The summed E-state index contributed by atoms with van der Waals surface area (Å²) in [7, 11) is 2.93. The summed E-state index contributed by atoms with van der Waals surface area (Å²) in [4.78, 5) is 19.0. The summed E-state index contributed by atoms with van der Waals surface area (Å²) in [6, 6.07) is 7.59. The summed E-state index contributed by atoms with van der Waals surface area (Å²) in [5.41, 5.74) is 1.15. The van der Waals surface area contributed by atoms with Gasteiger partial charge >= 0.3 is 5.69 Å². The molecule has 0 spiro atoms. The van der Waals surface area contributed by atoms with Crippen molar-refractivity contribution in [3.63, 3.8) is 0 Å². The molecular weight excluding hydrogens is 467 g/mol. The van der Waals surface area contributed by atoms with E-state index in [1.54, 1.807) is 11.8 Å². The molecule has 5 rings (SSSR count). The summed E-state index contributed by atoms with van der Waals surface area (Å²) >= 11 is 6.44. The molecule has 34 heavy (non-hydrogen) atoms. The van der Waals surface area contributed by atoms with Gasteiger partial charge in [0.25, 0.3) is 0 Å². The lowest BCUT2D eigenvalue weighted by atomic mass is 10.1. The molecule has 0 atom stereocenters. The Morgan fingerprint density at radius 2 is 2.03 bits per heavy atom. The van der Waals surface area contributed by atoms with Crippen molar-refractivity contribution in [3.8, 4) is 17.3 Å².